The number of carbonyl (C=O) groups excluding carboxylic acids is 1. The number of benzene rings is 1. The molecule has 1 aromatic rings. The summed E-state index contributed by atoms with van der Waals surface area (Å²) in [6, 6.07) is 8.05. The summed E-state index contributed by atoms with van der Waals surface area (Å²) in [5.41, 5.74) is 8.54. The van der Waals surface area contributed by atoms with Crippen LogP contribution >= 0.6 is 0 Å². The number of hydrogen-bond donors (Lipinski definition) is 2. The third kappa shape index (κ3) is 2.67. The van der Waals surface area contributed by atoms with Crippen molar-refractivity contribution in [3.05, 3.63) is 35.4 Å². The third-order valence-corrected chi connectivity index (χ3v) is 3.42. The largest absolute Gasteiger partial charge is 0.354 e. The van der Waals surface area contributed by atoms with E-state index in [0.29, 0.717) is 12.5 Å². The molecule has 1 aliphatic rings. The normalized spacial score (nSPS) is 19.1. The molecule has 2 rings (SSSR count). The van der Waals surface area contributed by atoms with Crippen molar-refractivity contribution in [2.24, 2.45) is 5.73 Å². The molecule has 3 nitrogen and oxygen atoms in total. The number of amides is 1. The van der Waals surface area contributed by atoms with Crippen LogP contribution in [0.1, 0.15) is 36.8 Å². The second kappa shape index (κ2) is 5.32. The summed E-state index contributed by atoms with van der Waals surface area (Å²) in [5.74, 6) is 0.459. The van der Waals surface area contributed by atoms with E-state index in [9.17, 15) is 4.79 Å². The molecule has 0 bridgehead atoms. The van der Waals surface area contributed by atoms with Crippen molar-refractivity contribution in [3.63, 3.8) is 0 Å². The maximum Gasteiger partial charge on any atom is 0.236 e. The molecule has 0 heterocycles. The van der Waals surface area contributed by atoms with Gasteiger partial charge in [-0.15, -0.1) is 0 Å². The van der Waals surface area contributed by atoms with Gasteiger partial charge in [0.25, 0.3) is 0 Å². The molecular weight excluding hydrogens is 212 g/mol. The van der Waals surface area contributed by atoms with Gasteiger partial charge in [0, 0.05) is 12.5 Å². The summed E-state index contributed by atoms with van der Waals surface area (Å²) in [6.07, 6.45) is 2.77. The minimum Gasteiger partial charge on any atom is -0.354 e. The monoisotopic (exact) mass is 232 g/mol. The number of carbonyl (C=O) groups is 1. The average molecular weight is 232 g/mol. The van der Waals surface area contributed by atoms with Crippen LogP contribution < -0.4 is 11.1 Å². The number of fused-ring (bicyclic) bond motifs is 1. The van der Waals surface area contributed by atoms with Crippen molar-refractivity contribution in [1.82, 2.24) is 5.32 Å². The molecule has 0 radical (unpaired) electrons. The highest BCUT2D eigenvalue weighted by molar-refractivity contribution is 5.81. The predicted molar refractivity (Wildman–Crippen MR) is 68.8 cm³/mol. The van der Waals surface area contributed by atoms with Gasteiger partial charge >= 0.3 is 0 Å². The van der Waals surface area contributed by atoms with E-state index in [1.807, 2.05) is 6.92 Å². The molecule has 17 heavy (non-hydrogen) atoms. The summed E-state index contributed by atoms with van der Waals surface area (Å²) in [7, 11) is 0. The van der Waals surface area contributed by atoms with Crippen LogP contribution in [0.5, 0.6) is 0 Å². The summed E-state index contributed by atoms with van der Waals surface area (Å²) in [5, 5.41) is 2.95. The van der Waals surface area contributed by atoms with Gasteiger partial charge in [-0.1, -0.05) is 37.6 Å². The molecule has 2 atom stereocenters. The standard InChI is InChI=1S/C14H20N2O/c1-2-5-13(15)14(17)16-9-11-8-10-6-3-4-7-12(10)11/h3-4,6-7,11,13H,2,5,8-9,15H2,1H3,(H,16,17). The zero-order valence-electron chi connectivity index (χ0n) is 10.3. The van der Waals surface area contributed by atoms with Crippen LogP contribution in [-0.2, 0) is 11.2 Å². The van der Waals surface area contributed by atoms with Crippen LogP contribution in [0.25, 0.3) is 0 Å². The van der Waals surface area contributed by atoms with E-state index in [1.165, 1.54) is 11.1 Å². The zero-order chi connectivity index (χ0) is 12.3. The maximum absolute atomic E-state index is 11.7. The quantitative estimate of drug-likeness (QED) is 0.809. The Hall–Kier alpha value is -1.35. The van der Waals surface area contributed by atoms with Gasteiger partial charge in [-0.25, -0.2) is 0 Å². The predicted octanol–water partition coefficient (Wildman–Crippen LogP) is 1.57. The molecule has 3 heteroatoms. The Balaban J connectivity index is 1.80. The van der Waals surface area contributed by atoms with E-state index in [2.05, 4.69) is 29.6 Å². The molecule has 2 unspecified atom stereocenters. The Kier molecular flexibility index (Phi) is 3.79. The molecule has 1 aromatic carbocycles. The maximum atomic E-state index is 11.7. The lowest BCUT2D eigenvalue weighted by Gasteiger charge is -2.30. The molecule has 0 aromatic heterocycles. The van der Waals surface area contributed by atoms with Crippen LogP contribution in [0.3, 0.4) is 0 Å². The SMILES string of the molecule is CCCC(N)C(=O)NCC1Cc2ccccc21. The lowest BCUT2D eigenvalue weighted by molar-refractivity contribution is -0.122. The van der Waals surface area contributed by atoms with Crippen LogP contribution in [0, 0.1) is 0 Å². The first-order valence-corrected chi connectivity index (χ1v) is 6.33. The van der Waals surface area contributed by atoms with Gasteiger partial charge in [-0.05, 0) is 24.0 Å². The van der Waals surface area contributed by atoms with E-state index in [-0.39, 0.29) is 11.9 Å². The van der Waals surface area contributed by atoms with Crippen LogP contribution in [0.2, 0.25) is 0 Å². The average Bonchev–Trinajstić information content (AvgIpc) is 2.30. The van der Waals surface area contributed by atoms with E-state index in [0.717, 1.165) is 19.3 Å². The minimum atomic E-state index is -0.352. The van der Waals surface area contributed by atoms with Crippen molar-refractivity contribution in [2.75, 3.05) is 6.54 Å². The summed E-state index contributed by atoms with van der Waals surface area (Å²) >= 11 is 0. The van der Waals surface area contributed by atoms with E-state index in [1.54, 1.807) is 0 Å². The minimum absolute atomic E-state index is 0.0174. The van der Waals surface area contributed by atoms with Gasteiger partial charge in [0.15, 0.2) is 0 Å². The Morgan fingerprint density at radius 1 is 1.53 bits per heavy atom. The summed E-state index contributed by atoms with van der Waals surface area (Å²) < 4.78 is 0. The van der Waals surface area contributed by atoms with E-state index < -0.39 is 0 Å². The molecule has 1 amide bonds. The van der Waals surface area contributed by atoms with Crippen LogP contribution in [0.4, 0.5) is 0 Å². The van der Waals surface area contributed by atoms with Crippen LogP contribution in [0.15, 0.2) is 24.3 Å². The smallest absolute Gasteiger partial charge is 0.236 e. The van der Waals surface area contributed by atoms with Gasteiger partial charge in [0.2, 0.25) is 5.91 Å². The molecule has 0 spiro atoms. The first-order valence-electron chi connectivity index (χ1n) is 6.33. The number of rotatable bonds is 5. The highest BCUT2D eigenvalue weighted by Gasteiger charge is 2.26. The Labute approximate surface area is 102 Å². The van der Waals surface area contributed by atoms with Crippen molar-refractivity contribution in [1.29, 1.82) is 0 Å². The molecule has 0 saturated carbocycles. The fraction of sp³-hybridized carbons (Fsp3) is 0.500. The van der Waals surface area contributed by atoms with E-state index >= 15 is 0 Å². The number of hydrogen-bond acceptors (Lipinski definition) is 2. The summed E-state index contributed by atoms with van der Waals surface area (Å²) in [6.45, 7) is 2.75. The van der Waals surface area contributed by atoms with E-state index in [4.69, 9.17) is 5.73 Å². The fourth-order valence-electron chi connectivity index (χ4n) is 2.34. The number of nitrogens with one attached hydrogen (secondary N) is 1. The van der Waals surface area contributed by atoms with Gasteiger partial charge in [-0.2, -0.15) is 0 Å². The topological polar surface area (TPSA) is 55.1 Å². The first-order chi connectivity index (χ1) is 8.22. The summed E-state index contributed by atoms with van der Waals surface area (Å²) in [4.78, 5) is 11.7. The first kappa shape index (κ1) is 12.1. The molecule has 92 valence electrons. The Bertz CT molecular complexity index is 403. The van der Waals surface area contributed by atoms with Crippen molar-refractivity contribution in [3.8, 4) is 0 Å². The Morgan fingerprint density at radius 2 is 2.29 bits per heavy atom. The lowest BCUT2D eigenvalue weighted by Crippen LogP contribution is -2.43. The highest BCUT2D eigenvalue weighted by atomic mass is 16.2. The molecule has 0 aliphatic heterocycles. The van der Waals surface area contributed by atoms with Crippen molar-refractivity contribution >= 4 is 5.91 Å². The fourth-order valence-corrected chi connectivity index (χ4v) is 2.34. The molecular formula is C14H20N2O. The zero-order valence-corrected chi connectivity index (χ0v) is 10.3. The molecule has 1 aliphatic carbocycles. The molecule has 0 fully saturated rings. The second-order valence-corrected chi connectivity index (χ2v) is 4.74. The van der Waals surface area contributed by atoms with Gasteiger partial charge in [0.1, 0.15) is 0 Å². The third-order valence-electron chi connectivity index (χ3n) is 3.42. The Morgan fingerprint density at radius 3 is 3.00 bits per heavy atom. The lowest BCUT2D eigenvalue weighted by atomic mass is 9.77. The number of nitrogens with two attached hydrogens (primary N) is 1. The second-order valence-electron chi connectivity index (χ2n) is 4.74. The van der Waals surface area contributed by atoms with Gasteiger partial charge in [-0.3, -0.25) is 4.79 Å². The van der Waals surface area contributed by atoms with Crippen molar-refractivity contribution in [2.45, 2.75) is 38.1 Å². The van der Waals surface area contributed by atoms with Crippen molar-refractivity contribution < 1.29 is 4.79 Å². The van der Waals surface area contributed by atoms with Crippen LogP contribution in [-0.4, -0.2) is 18.5 Å². The highest BCUT2D eigenvalue weighted by Crippen LogP contribution is 2.33. The van der Waals surface area contributed by atoms with Gasteiger partial charge < -0.3 is 11.1 Å². The molecule has 3 N–H and O–H groups in total. The molecule has 0 saturated heterocycles. The van der Waals surface area contributed by atoms with Gasteiger partial charge in [0.05, 0.1) is 6.04 Å².